The van der Waals surface area contributed by atoms with Crippen molar-refractivity contribution >= 4 is 23.2 Å². The predicted octanol–water partition coefficient (Wildman–Crippen LogP) is 2.59. The maximum atomic E-state index is 12.9. The molecule has 0 aliphatic rings. The number of thiophene rings is 1. The Bertz CT molecular complexity index is 610. The van der Waals surface area contributed by atoms with Crippen LogP contribution >= 0.6 is 11.3 Å². The Morgan fingerprint density at radius 1 is 1.24 bits per heavy atom. The molecule has 0 radical (unpaired) electrons. The van der Waals surface area contributed by atoms with Gasteiger partial charge in [-0.25, -0.2) is 4.39 Å². The smallest absolute Gasteiger partial charge is 0.307 e. The molecule has 0 bridgehead atoms. The van der Waals surface area contributed by atoms with Gasteiger partial charge in [-0.1, -0.05) is 12.1 Å². The Morgan fingerprint density at radius 3 is 2.52 bits per heavy atom. The molecule has 1 amide bonds. The molecule has 1 unspecified atom stereocenters. The van der Waals surface area contributed by atoms with Gasteiger partial charge in [-0.2, -0.15) is 11.3 Å². The fourth-order valence-electron chi connectivity index (χ4n) is 1.80. The summed E-state index contributed by atoms with van der Waals surface area (Å²) >= 11 is 1.55. The van der Waals surface area contributed by atoms with Crippen LogP contribution in [0.3, 0.4) is 0 Å². The summed E-state index contributed by atoms with van der Waals surface area (Å²) < 4.78 is 18.0. The van der Waals surface area contributed by atoms with Crippen molar-refractivity contribution < 1.29 is 18.7 Å². The number of benzene rings is 1. The summed E-state index contributed by atoms with van der Waals surface area (Å²) in [5.41, 5.74) is 6.63. The lowest BCUT2D eigenvalue weighted by atomic mass is 10.1. The summed E-state index contributed by atoms with van der Waals surface area (Å²) in [6.45, 7) is 0. The number of aryl methyl sites for hydroxylation is 1. The fraction of sp³-hybridized carbons (Fsp3) is 0.200. The molecule has 1 atom stereocenters. The van der Waals surface area contributed by atoms with Crippen LogP contribution in [0.15, 0.2) is 41.1 Å². The highest BCUT2D eigenvalue weighted by Gasteiger charge is 2.22. The SMILES string of the molecule is NC(=O)C(OC(=O)CCc1ccsc1)c1ccc(F)cc1. The lowest BCUT2D eigenvalue weighted by molar-refractivity contribution is -0.155. The molecule has 110 valence electrons. The topological polar surface area (TPSA) is 69.4 Å². The van der Waals surface area contributed by atoms with E-state index in [1.165, 1.54) is 24.3 Å². The Hall–Kier alpha value is -2.21. The molecule has 0 spiro atoms. The van der Waals surface area contributed by atoms with Gasteiger partial charge in [-0.3, -0.25) is 9.59 Å². The van der Waals surface area contributed by atoms with Crippen LogP contribution in [0.1, 0.15) is 23.7 Å². The Balaban J connectivity index is 1.97. The largest absolute Gasteiger partial charge is 0.447 e. The van der Waals surface area contributed by atoms with Crippen LogP contribution in [0.4, 0.5) is 4.39 Å². The van der Waals surface area contributed by atoms with Gasteiger partial charge in [0.15, 0.2) is 0 Å². The van der Waals surface area contributed by atoms with Gasteiger partial charge in [0.05, 0.1) is 0 Å². The number of hydrogen-bond acceptors (Lipinski definition) is 4. The zero-order valence-corrected chi connectivity index (χ0v) is 11.9. The summed E-state index contributed by atoms with van der Waals surface area (Å²) in [6, 6.07) is 7.03. The standard InChI is InChI=1S/C15H14FNO3S/c16-12-4-2-11(3-5-12)14(15(17)19)20-13(18)6-1-10-7-8-21-9-10/h2-5,7-9,14H,1,6H2,(H2,17,19). The van der Waals surface area contributed by atoms with Gasteiger partial charge in [0.2, 0.25) is 6.10 Å². The predicted molar refractivity (Wildman–Crippen MR) is 77.1 cm³/mol. The average Bonchev–Trinajstić information content (AvgIpc) is 2.97. The minimum atomic E-state index is -1.19. The number of hydrogen-bond donors (Lipinski definition) is 1. The van der Waals surface area contributed by atoms with Crippen molar-refractivity contribution in [2.45, 2.75) is 18.9 Å². The first-order valence-corrected chi connectivity index (χ1v) is 7.26. The molecular weight excluding hydrogens is 293 g/mol. The maximum absolute atomic E-state index is 12.9. The first-order chi connectivity index (χ1) is 10.1. The molecule has 2 rings (SSSR count). The Labute approximate surface area is 125 Å². The van der Waals surface area contributed by atoms with Gasteiger partial charge >= 0.3 is 5.97 Å². The lowest BCUT2D eigenvalue weighted by Gasteiger charge is -2.15. The van der Waals surface area contributed by atoms with Crippen molar-refractivity contribution in [2.75, 3.05) is 0 Å². The van der Waals surface area contributed by atoms with E-state index < -0.39 is 23.8 Å². The van der Waals surface area contributed by atoms with Crippen LogP contribution in [-0.4, -0.2) is 11.9 Å². The van der Waals surface area contributed by atoms with Crippen LogP contribution in [0, 0.1) is 5.82 Å². The average molecular weight is 307 g/mol. The van der Waals surface area contributed by atoms with Gasteiger partial charge in [0.25, 0.3) is 5.91 Å². The van der Waals surface area contributed by atoms with E-state index in [1.807, 2.05) is 16.8 Å². The molecule has 1 heterocycles. The number of primary amides is 1. The van der Waals surface area contributed by atoms with Gasteiger partial charge in [0, 0.05) is 12.0 Å². The van der Waals surface area contributed by atoms with Gasteiger partial charge in [0.1, 0.15) is 5.82 Å². The fourth-order valence-corrected chi connectivity index (χ4v) is 2.50. The number of halogens is 1. The molecule has 0 aliphatic carbocycles. The third-order valence-corrected chi connectivity index (χ3v) is 3.61. The number of rotatable bonds is 6. The second-order valence-corrected chi connectivity index (χ2v) is 5.24. The van der Waals surface area contributed by atoms with E-state index >= 15 is 0 Å². The van der Waals surface area contributed by atoms with Crippen LogP contribution in [0.25, 0.3) is 0 Å². The maximum Gasteiger partial charge on any atom is 0.307 e. The molecule has 0 saturated heterocycles. The van der Waals surface area contributed by atoms with E-state index in [2.05, 4.69) is 0 Å². The van der Waals surface area contributed by atoms with Gasteiger partial charge in [-0.05, 0) is 40.9 Å². The second kappa shape index (κ2) is 6.99. The first-order valence-electron chi connectivity index (χ1n) is 6.31. The van der Waals surface area contributed by atoms with Gasteiger partial charge in [-0.15, -0.1) is 0 Å². The Morgan fingerprint density at radius 2 is 1.95 bits per heavy atom. The number of carbonyl (C=O) groups is 2. The van der Waals surface area contributed by atoms with Crippen LogP contribution in [0.5, 0.6) is 0 Å². The third kappa shape index (κ3) is 4.39. The van der Waals surface area contributed by atoms with Crippen molar-refractivity contribution in [3.8, 4) is 0 Å². The van der Waals surface area contributed by atoms with E-state index in [-0.39, 0.29) is 6.42 Å². The van der Waals surface area contributed by atoms with Crippen molar-refractivity contribution in [1.29, 1.82) is 0 Å². The molecule has 1 aromatic carbocycles. The van der Waals surface area contributed by atoms with Crippen molar-refractivity contribution in [3.05, 3.63) is 58.0 Å². The molecule has 0 aliphatic heterocycles. The highest BCUT2D eigenvalue weighted by Crippen LogP contribution is 2.19. The summed E-state index contributed by atoms with van der Waals surface area (Å²) in [4.78, 5) is 23.2. The van der Waals surface area contributed by atoms with Gasteiger partial charge < -0.3 is 10.5 Å². The number of esters is 1. The van der Waals surface area contributed by atoms with Crippen molar-refractivity contribution in [3.63, 3.8) is 0 Å². The summed E-state index contributed by atoms with van der Waals surface area (Å²) in [7, 11) is 0. The summed E-state index contributed by atoms with van der Waals surface area (Å²) in [5.74, 6) is -1.74. The number of nitrogens with two attached hydrogens (primary N) is 1. The molecule has 2 aromatic rings. The molecule has 6 heteroatoms. The number of ether oxygens (including phenoxy) is 1. The van der Waals surface area contributed by atoms with E-state index in [1.54, 1.807) is 11.3 Å². The summed E-state index contributed by atoms with van der Waals surface area (Å²) in [5, 5.41) is 3.87. The molecule has 0 fully saturated rings. The number of carbonyl (C=O) groups excluding carboxylic acids is 2. The quantitative estimate of drug-likeness (QED) is 0.834. The highest BCUT2D eigenvalue weighted by atomic mass is 32.1. The third-order valence-electron chi connectivity index (χ3n) is 2.88. The van der Waals surface area contributed by atoms with E-state index in [9.17, 15) is 14.0 Å². The van der Waals surface area contributed by atoms with E-state index in [4.69, 9.17) is 10.5 Å². The minimum Gasteiger partial charge on any atom is -0.447 e. The monoisotopic (exact) mass is 307 g/mol. The second-order valence-electron chi connectivity index (χ2n) is 4.46. The van der Waals surface area contributed by atoms with E-state index in [0.29, 0.717) is 12.0 Å². The van der Waals surface area contributed by atoms with Crippen LogP contribution in [0.2, 0.25) is 0 Å². The Kier molecular flexibility index (Phi) is 5.05. The molecule has 2 N–H and O–H groups in total. The minimum absolute atomic E-state index is 0.154. The van der Waals surface area contributed by atoms with E-state index in [0.717, 1.165) is 5.56 Å². The highest BCUT2D eigenvalue weighted by molar-refractivity contribution is 7.07. The van der Waals surface area contributed by atoms with Crippen molar-refractivity contribution in [1.82, 2.24) is 0 Å². The van der Waals surface area contributed by atoms with Crippen molar-refractivity contribution in [2.24, 2.45) is 5.73 Å². The molecule has 21 heavy (non-hydrogen) atoms. The zero-order chi connectivity index (χ0) is 15.2. The number of amides is 1. The molecule has 0 saturated carbocycles. The van der Waals surface area contributed by atoms with Crippen LogP contribution in [-0.2, 0) is 20.7 Å². The zero-order valence-electron chi connectivity index (χ0n) is 11.1. The van der Waals surface area contributed by atoms with Crippen LogP contribution < -0.4 is 5.73 Å². The summed E-state index contributed by atoms with van der Waals surface area (Å²) in [6.07, 6.45) is -0.501. The normalized spacial score (nSPS) is 11.9. The first kappa shape index (κ1) is 15.2. The molecule has 4 nitrogen and oxygen atoms in total. The lowest BCUT2D eigenvalue weighted by Crippen LogP contribution is -2.26. The molecular formula is C15H14FNO3S. The molecule has 1 aromatic heterocycles.